The molecule has 1 aromatic heterocycles. The van der Waals surface area contributed by atoms with Gasteiger partial charge in [-0.1, -0.05) is 18.5 Å². The summed E-state index contributed by atoms with van der Waals surface area (Å²) in [7, 11) is 0. The van der Waals surface area contributed by atoms with Gasteiger partial charge < -0.3 is 0 Å². The van der Waals surface area contributed by atoms with Gasteiger partial charge in [0.05, 0.1) is 11.7 Å². The lowest BCUT2D eigenvalue weighted by Crippen LogP contribution is -2.30. The molecule has 0 spiro atoms. The van der Waals surface area contributed by atoms with Crippen LogP contribution in [0.15, 0.2) is 24.3 Å². The molecule has 0 radical (unpaired) electrons. The molecule has 3 N–H and O–H groups in total. The fraction of sp³-hybridized carbons (Fsp3) is 0.400. The Morgan fingerprint density at radius 3 is 2.76 bits per heavy atom. The molecule has 2 rings (SSSR count). The number of aromatic nitrogens is 2. The van der Waals surface area contributed by atoms with Gasteiger partial charge in [0.1, 0.15) is 0 Å². The van der Waals surface area contributed by atoms with Crippen molar-refractivity contribution >= 4 is 34.2 Å². The van der Waals surface area contributed by atoms with E-state index in [1.165, 1.54) is 5.69 Å². The topological polar surface area (TPSA) is 55.9 Å². The first kappa shape index (κ1) is 16.7. The second kappa shape index (κ2) is 7.58. The fourth-order valence-electron chi connectivity index (χ4n) is 2.38. The molecular formula is C15H20ClIN4. The lowest BCUT2D eigenvalue weighted by molar-refractivity contribution is 0.515. The summed E-state index contributed by atoms with van der Waals surface area (Å²) >= 11 is 8.43. The minimum atomic E-state index is 0.0160. The van der Waals surface area contributed by atoms with E-state index >= 15 is 0 Å². The molecular weight excluding hydrogens is 399 g/mol. The molecule has 0 fully saturated rings. The Labute approximate surface area is 144 Å². The molecule has 1 unspecified atom stereocenters. The van der Waals surface area contributed by atoms with E-state index in [1.54, 1.807) is 0 Å². The van der Waals surface area contributed by atoms with Gasteiger partial charge in [0, 0.05) is 27.3 Å². The van der Waals surface area contributed by atoms with E-state index in [4.69, 9.17) is 17.4 Å². The van der Waals surface area contributed by atoms with Crippen molar-refractivity contribution in [1.29, 1.82) is 0 Å². The maximum Gasteiger partial charge on any atom is 0.0624 e. The van der Waals surface area contributed by atoms with E-state index in [0.29, 0.717) is 0 Å². The van der Waals surface area contributed by atoms with Crippen LogP contribution in [0.5, 0.6) is 0 Å². The van der Waals surface area contributed by atoms with Gasteiger partial charge in [-0.25, -0.2) is 0 Å². The monoisotopic (exact) mass is 418 g/mol. The SMILES string of the molecule is CCc1cc(CC(NN)c2cc(Cl)ccc2I)n(CC)n1. The quantitative estimate of drug-likeness (QED) is 0.429. The highest BCUT2D eigenvalue weighted by Crippen LogP contribution is 2.26. The summed E-state index contributed by atoms with van der Waals surface area (Å²) < 4.78 is 3.19. The summed E-state index contributed by atoms with van der Waals surface area (Å²) in [5.74, 6) is 5.78. The van der Waals surface area contributed by atoms with Crippen molar-refractivity contribution in [3.8, 4) is 0 Å². The Hall–Kier alpha value is -0.630. The number of benzene rings is 1. The van der Waals surface area contributed by atoms with Crippen molar-refractivity contribution in [1.82, 2.24) is 15.2 Å². The molecule has 1 heterocycles. The molecule has 0 saturated carbocycles. The van der Waals surface area contributed by atoms with Crippen molar-refractivity contribution in [3.63, 3.8) is 0 Å². The molecule has 2 aromatic rings. The zero-order valence-electron chi connectivity index (χ0n) is 12.2. The third-order valence-corrected chi connectivity index (χ3v) is 4.74. The van der Waals surface area contributed by atoms with E-state index in [1.807, 2.05) is 22.9 Å². The minimum Gasteiger partial charge on any atom is -0.271 e. The van der Waals surface area contributed by atoms with Gasteiger partial charge in [-0.2, -0.15) is 5.10 Å². The highest BCUT2D eigenvalue weighted by atomic mass is 127. The van der Waals surface area contributed by atoms with Gasteiger partial charge in [0.2, 0.25) is 0 Å². The Kier molecular flexibility index (Phi) is 6.04. The Morgan fingerprint density at radius 1 is 1.38 bits per heavy atom. The van der Waals surface area contributed by atoms with Gasteiger partial charge in [-0.3, -0.25) is 16.0 Å². The van der Waals surface area contributed by atoms with E-state index < -0.39 is 0 Å². The number of nitrogens with two attached hydrogens (primary N) is 1. The fourth-order valence-corrected chi connectivity index (χ4v) is 3.27. The maximum absolute atomic E-state index is 6.12. The van der Waals surface area contributed by atoms with Crippen LogP contribution in [0.3, 0.4) is 0 Å². The van der Waals surface area contributed by atoms with Crippen molar-refractivity contribution in [2.24, 2.45) is 5.84 Å². The predicted octanol–water partition coefficient (Wildman–Crippen LogP) is 3.47. The number of nitrogens with one attached hydrogen (secondary N) is 1. The lowest BCUT2D eigenvalue weighted by Gasteiger charge is -2.18. The van der Waals surface area contributed by atoms with Crippen molar-refractivity contribution in [2.75, 3.05) is 0 Å². The molecule has 1 atom stereocenters. The van der Waals surface area contributed by atoms with Crippen LogP contribution in [-0.4, -0.2) is 9.78 Å². The third kappa shape index (κ3) is 3.97. The van der Waals surface area contributed by atoms with E-state index in [9.17, 15) is 0 Å². The number of hydrogen-bond acceptors (Lipinski definition) is 3. The van der Waals surface area contributed by atoms with E-state index in [2.05, 4.69) is 53.0 Å². The van der Waals surface area contributed by atoms with Gasteiger partial charge in [-0.15, -0.1) is 0 Å². The van der Waals surface area contributed by atoms with Crippen LogP contribution in [-0.2, 0) is 19.4 Å². The standard InChI is InChI=1S/C15H20ClIN4/c1-3-11-8-12(21(4-2)20-11)9-15(19-18)13-7-10(16)5-6-14(13)17/h5-8,15,19H,3-4,9,18H2,1-2H3. The van der Waals surface area contributed by atoms with Gasteiger partial charge in [0.25, 0.3) is 0 Å². The highest BCUT2D eigenvalue weighted by molar-refractivity contribution is 14.1. The molecule has 114 valence electrons. The second-order valence-corrected chi connectivity index (χ2v) is 6.48. The van der Waals surface area contributed by atoms with Gasteiger partial charge in [0.15, 0.2) is 0 Å². The average Bonchev–Trinajstić information content (AvgIpc) is 2.89. The minimum absolute atomic E-state index is 0.0160. The Morgan fingerprint density at radius 2 is 2.14 bits per heavy atom. The molecule has 0 aliphatic heterocycles. The Bertz CT molecular complexity index is 612. The number of rotatable bonds is 6. The van der Waals surface area contributed by atoms with Gasteiger partial charge >= 0.3 is 0 Å². The van der Waals surface area contributed by atoms with Crippen molar-refractivity contribution < 1.29 is 0 Å². The second-order valence-electron chi connectivity index (χ2n) is 4.89. The maximum atomic E-state index is 6.12. The number of halogens is 2. The molecule has 0 amide bonds. The molecule has 21 heavy (non-hydrogen) atoms. The molecule has 6 heteroatoms. The van der Waals surface area contributed by atoms with E-state index in [-0.39, 0.29) is 6.04 Å². The number of hydrogen-bond donors (Lipinski definition) is 2. The van der Waals surface area contributed by atoms with Crippen LogP contribution in [0.4, 0.5) is 0 Å². The summed E-state index contributed by atoms with van der Waals surface area (Å²) in [4.78, 5) is 0. The smallest absolute Gasteiger partial charge is 0.0624 e. The number of nitrogens with zero attached hydrogens (tertiary/aromatic N) is 2. The largest absolute Gasteiger partial charge is 0.271 e. The number of hydrazine groups is 1. The summed E-state index contributed by atoms with van der Waals surface area (Å²) in [6.07, 6.45) is 1.73. The van der Waals surface area contributed by atoms with E-state index in [0.717, 1.165) is 39.2 Å². The number of aryl methyl sites for hydroxylation is 2. The first-order chi connectivity index (χ1) is 10.1. The van der Waals surface area contributed by atoms with Gasteiger partial charge in [-0.05, 0) is 65.8 Å². The summed E-state index contributed by atoms with van der Waals surface area (Å²) in [6, 6.07) is 8.05. The summed E-state index contributed by atoms with van der Waals surface area (Å²) in [5, 5.41) is 5.31. The van der Waals surface area contributed by atoms with Crippen molar-refractivity contribution in [3.05, 3.63) is 49.8 Å². The van der Waals surface area contributed by atoms with Crippen LogP contribution >= 0.6 is 34.2 Å². The van der Waals surface area contributed by atoms with Crippen LogP contribution in [0, 0.1) is 3.57 Å². The summed E-state index contributed by atoms with van der Waals surface area (Å²) in [5.41, 5.74) is 6.33. The zero-order valence-corrected chi connectivity index (χ0v) is 15.1. The molecule has 4 nitrogen and oxygen atoms in total. The first-order valence-corrected chi connectivity index (χ1v) is 8.51. The molecule has 0 bridgehead atoms. The predicted molar refractivity (Wildman–Crippen MR) is 95.2 cm³/mol. The molecule has 0 aliphatic carbocycles. The van der Waals surface area contributed by atoms with Crippen molar-refractivity contribution in [2.45, 2.75) is 39.3 Å². The molecule has 1 aromatic carbocycles. The molecule has 0 saturated heterocycles. The third-order valence-electron chi connectivity index (χ3n) is 3.52. The first-order valence-electron chi connectivity index (χ1n) is 7.05. The van der Waals surface area contributed by atoms with Crippen LogP contribution < -0.4 is 11.3 Å². The van der Waals surface area contributed by atoms with Crippen LogP contribution in [0.1, 0.15) is 36.8 Å². The van der Waals surface area contributed by atoms with Crippen LogP contribution in [0.2, 0.25) is 5.02 Å². The van der Waals surface area contributed by atoms with Crippen LogP contribution in [0.25, 0.3) is 0 Å². The summed E-state index contributed by atoms with van der Waals surface area (Å²) in [6.45, 7) is 5.08. The lowest BCUT2D eigenvalue weighted by atomic mass is 10.0. The highest BCUT2D eigenvalue weighted by Gasteiger charge is 2.17. The molecule has 0 aliphatic rings. The average molecular weight is 419 g/mol. The normalized spacial score (nSPS) is 12.6. The Balaban J connectivity index is 2.30. The zero-order chi connectivity index (χ0) is 15.4.